The minimum atomic E-state index is -0.108. The minimum Gasteiger partial charge on any atom is -0.338 e. The highest BCUT2D eigenvalue weighted by molar-refractivity contribution is 7.98. The summed E-state index contributed by atoms with van der Waals surface area (Å²) in [7, 11) is 0. The van der Waals surface area contributed by atoms with Crippen molar-refractivity contribution in [2.45, 2.75) is 49.6 Å². The Morgan fingerprint density at radius 1 is 0.943 bits per heavy atom. The van der Waals surface area contributed by atoms with E-state index in [1.165, 1.54) is 4.68 Å². The first kappa shape index (κ1) is 21.8. The number of nitrogens with zero attached hydrogens (tertiary/aromatic N) is 6. The van der Waals surface area contributed by atoms with Gasteiger partial charge in [0, 0.05) is 18.7 Å². The summed E-state index contributed by atoms with van der Waals surface area (Å²) in [5.41, 5.74) is 3.43. The number of hydrogen-bond donors (Lipinski definition) is 0. The Bertz CT molecular complexity index is 1480. The Morgan fingerprint density at radius 2 is 1.74 bits per heavy atom. The fourth-order valence-corrected chi connectivity index (χ4v) is 5.41. The van der Waals surface area contributed by atoms with Crippen LogP contribution in [0, 0.1) is 0 Å². The first-order chi connectivity index (χ1) is 17.3. The lowest BCUT2D eigenvalue weighted by Crippen LogP contribution is -2.19. The molecule has 0 atom stereocenters. The molecular weight excluding hydrogens is 460 g/mol. The van der Waals surface area contributed by atoms with Crippen LogP contribution < -0.4 is 5.56 Å². The minimum absolute atomic E-state index is 0.108. The van der Waals surface area contributed by atoms with Gasteiger partial charge in [-0.05, 0) is 37.0 Å². The molecule has 0 bridgehead atoms. The zero-order chi connectivity index (χ0) is 23.6. The summed E-state index contributed by atoms with van der Waals surface area (Å²) < 4.78 is 9.17. The average Bonchev–Trinajstić information content (AvgIpc) is 3.38. The molecule has 9 heteroatoms. The van der Waals surface area contributed by atoms with Crippen LogP contribution in [-0.4, -0.2) is 29.5 Å². The fourth-order valence-electron chi connectivity index (χ4n) is 4.53. The average molecular weight is 485 g/mol. The van der Waals surface area contributed by atoms with E-state index in [-0.39, 0.29) is 5.56 Å². The summed E-state index contributed by atoms with van der Waals surface area (Å²) in [5, 5.41) is 9.57. The molecule has 0 N–H and O–H groups in total. The van der Waals surface area contributed by atoms with Crippen LogP contribution in [-0.2, 0) is 25.1 Å². The summed E-state index contributed by atoms with van der Waals surface area (Å²) in [4.78, 5) is 22.8. The van der Waals surface area contributed by atoms with Crippen molar-refractivity contribution >= 4 is 11.8 Å². The van der Waals surface area contributed by atoms with Gasteiger partial charge < -0.3 is 9.09 Å². The van der Waals surface area contributed by atoms with E-state index in [2.05, 4.69) is 31.9 Å². The van der Waals surface area contributed by atoms with Gasteiger partial charge in [-0.3, -0.25) is 4.79 Å². The Kier molecular flexibility index (Phi) is 5.91. The van der Waals surface area contributed by atoms with Gasteiger partial charge >= 0.3 is 0 Å². The molecule has 3 aliphatic heterocycles. The molecule has 0 saturated heterocycles. The molecule has 0 radical (unpaired) electrons. The van der Waals surface area contributed by atoms with Crippen molar-refractivity contribution in [3.63, 3.8) is 0 Å². The van der Waals surface area contributed by atoms with Gasteiger partial charge in [-0.25, -0.2) is 4.98 Å². The normalized spacial score (nSPS) is 13.6. The van der Waals surface area contributed by atoms with Crippen LogP contribution in [0.1, 0.15) is 42.2 Å². The third-order valence-electron chi connectivity index (χ3n) is 6.21. The molecule has 0 saturated carbocycles. The van der Waals surface area contributed by atoms with E-state index < -0.39 is 0 Å². The lowest BCUT2D eigenvalue weighted by molar-refractivity contribution is 0.385. The summed E-state index contributed by atoms with van der Waals surface area (Å²) in [5.74, 6) is 2.22. The first-order valence-electron chi connectivity index (χ1n) is 11.8. The predicted octanol–water partition coefficient (Wildman–Crippen LogP) is 4.53. The van der Waals surface area contributed by atoms with Crippen molar-refractivity contribution in [3.8, 4) is 17.1 Å². The zero-order valence-corrected chi connectivity index (χ0v) is 19.9. The molecule has 0 spiro atoms. The standard InChI is InChI=1S/C26H24N6O2S/c33-25-23-20-14-8-3-9-15-31(20)26(28-24(23)29-32(25)19-12-6-2-7-13-19)35-17-22-27-21(30-34-22)16-18-10-4-1-5-11-18/h1-2,4-7,10-13H,3,8-9,14-17H2. The second-order valence-electron chi connectivity index (χ2n) is 8.61. The van der Waals surface area contributed by atoms with Crippen LogP contribution in [0.15, 0.2) is 75.1 Å². The van der Waals surface area contributed by atoms with Crippen molar-refractivity contribution < 1.29 is 4.52 Å². The Hall–Kier alpha value is -3.72. The van der Waals surface area contributed by atoms with Crippen LogP contribution in [0.4, 0.5) is 0 Å². The van der Waals surface area contributed by atoms with Crippen molar-refractivity contribution in [1.29, 1.82) is 0 Å². The van der Waals surface area contributed by atoms with Crippen LogP contribution in [0.25, 0.3) is 17.1 Å². The van der Waals surface area contributed by atoms with Gasteiger partial charge in [-0.1, -0.05) is 71.9 Å². The van der Waals surface area contributed by atoms with Gasteiger partial charge in [0.1, 0.15) is 5.56 Å². The Balaban J connectivity index is 1.32. The maximum atomic E-state index is 13.4. The molecule has 8 nitrogen and oxygen atoms in total. The molecule has 3 aliphatic rings. The molecule has 176 valence electrons. The lowest BCUT2D eigenvalue weighted by atomic mass is 10.1. The number of hydrogen-bond acceptors (Lipinski definition) is 7. The molecule has 6 rings (SSSR count). The predicted molar refractivity (Wildman–Crippen MR) is 133 cm³/mol. The highest BCUT2D eigenvalue weighted by atomic mass is 32.2. The molecule has 35 heavy (non-hydrogen) atoms. The number of benzene rings is 2. The van der Waals surface area contributed by atoms with Crippen LogP contribution in [0.5, 0.6) is 0 Å². The molecule has 0 aliphatic carbocycles. The van der Waals surface area contributed by atoms with Gasteiger partial charge in [0.05, 0.1) is 11.4 Å². The summed E-state index contributed by atoms with van der Waals surface area (Å²) in [6.45, 7) is 0.833. The van der Waals surface area contributed by atoms with E-state index in [1.54, 1.807) is 11.8 Å². The van der Waals surface area contributed by atoms with E-state index in [9.17, 15) is 4.79 Å². The molecule has 0 unspecified atom stereocenters. The molecule has 3 aromatic rings. The molecule has 4 heterocycles. The van der Waals surface area contributed by atoms with Crippen molar-refractivity contribution in [3.05, 3.63) is 94.0 Å². The number of fused-ring (bicyclic) bond motifs is 3. The first-order valence-corrected chi connectivity index (χ1v) is 12.8. The third-order valence-corrected chi connectivity index (χ3v) is 7.17. The Morgan fingerprint density at radius 3 is 2.57 bits per heavy atom. The molecule has 0 fully saturated rings. The monoisotopic (exact) mass is 484 g/mol. The number of rotatable bonds is 6. The maximum Gasteiger partial charge on any atom is 0.284 e. The van der Waals surface area contributed by atoms with Gasteiger partial charge in [0.15, 0.2) is 16.8 Å². The largest absolute Gasteiger partial charge is 0.338 e. The van der Waals surface area contributed by atoms with Gasteiger partial charge in [0.2, 0.25) is 5.89 Å². The van der Waals surface area contributed by atoms with Gasteiger partial charge in [-0.2, -0.15) is 9.67 Å². The van der Waals surface area contributed by atoms with Crippen LogP contribution >= 0.6 is 11.8 Å². The number of thioether (sulfide) groups is 1. The third kappa shape index (κ3) is 4.39. The highest BCUT2D eigenvalue weighted by Gasteiger charge is 2.27. The van der Waals surface area contributed by atoms with Gasteiger partial charge in [-0.15, -0.1) is 5.10 Å². The van der Waals surface area contributed by atoms with E-state index in [1.807, 2.05) is 48.5 Å². The van der Waals surface area contributed by atoms with E-state index in [0.717, 1.165) is 54.3 Å². The number of aromatic nitrogens is 6. The quantitative estimate of drug-likeness (QED) is 0.258. The van der Waals surface area contributed by atoms with Crippen molar-refractivity contribution in [2.24, 2.45) is 0 Å². The second-order valence-corrected chi connectivity index (χ2v) is 9.55. The van der Waals surface area contributed by atoms with Gasteiger partial charge in [0.25, 0.3) is 5.56 Å². The summed E-state index contributed by atoms with van der Waals surface area (Å²) in [6, 6.07) is 19.6. The number of para-hydroxylation sites is 1. The smallest absolute Gasteiger partial charge is 0.284 e. The topological polar surface area (TPSA) is 91.6 Å². The molecule has 0 amide bonds. The molecule has 1 aromatic heterocycles. The van der Waals surface area contributed by atoms with E-state index in [0.29, 0.717) is 35.3 Å². The highest BCUT2D eigenvalue weighted by Crippen LogP contribution is 2.31. The second kappa shape index (κ2) is 9.50. The van der Waals surface area contributed by atoms with Crippen LogP contribution in [0.2, 0.25) is 0 Å². The zero-order valence-electron chi connectivity index (χ0n) is 19.1. The molecular formula is C26H24N6O2S. The summed E-state index contributed by atoms with van der Waals surface area (Å²) in [6.07, 6.45) is 4.70. The van der Waals surface area contributed by atoms with Crippen molar-refractivity contribution in [1.82, 2.24) is 29.5 Å². The van der Waals surface area contributed by atoms with E-state index >= 15 is 0 Å². The van der Waals surface area contributed by atoms with Crippen molar-refractivity contribution in [2.75, 3.05) is 0 Å². The maximum absolute atomic E-state index is 13.4. The fraction of sp³-hybridized carbons (Fsp3) is 0.269. The van der Waals surface area contributed by atoms with E-state index in [4.69, 9.17) is 9.51 Å². The van der Waals surface area contributed by atoms with Crippen LogP contribution in [0.3, 0.4) is 0 Å². The summed E-state index contributed by atoms with van der Waals surface area (Å²) >= 11 is 1.55. The SMILES string of the molecule is O=c1c2c3n(c(SCc4nc(Cc5ccccc5)no4)nc-2nn1-c1ccccc1)CCCCC3. The molecule has 2 aromatic carbocycles. The Labute approximate surface area is 206 Å². The lowest BCUT2D eigenvalue weighted by Gasteiger charge is -2.17.